The number of ether oxygens (including phenoxy) is 9. The van der Waals surface area contributed by atoms with Gasteiger partial charge in [-0.15, -0.1) is 19.7 Å². The summed E-state index contributed by atoms with van der Waals surface area (Å²) in [5.74, 6) is -9.02. The number of esters is 5. The highest BCUT2D eigenvalue weighted by Gasteiger charge is 2.28. The fourth-order valence-corrected chi connectivity index (χ4v) is 14.1. The zero-order chi connectivity index (χ0) is 118. The number of hydrogen-bond acceptors (Lipinski definition) is 34. The van der Waals surface area contributed by atoms with Crippen molar-refractivity contribution in [2.75, 3.05) is 135 Å². The minimum Gasteiger partial charge on any atom is -0.462 e. The highest BCUT2D eigenvalue weighted by molar-refractivity contribution is 7.54. The predicted molar refractivity (Wildman–Crippen MR) is 545 cm³/mol. The van der Waals surface area contributed by atoms with Gasteiger partial charge in [0.2, 0.25) is 23.6 Å². The van der Waals surface area contributed by atoms with Gasteiger partial charge in [-0.1, -0.05) is 103 Å². The molecule has 1 unspecified atom stereocenters. The van der Waals surface area contributed by atoms with Crippen LogP contribution in [0.25, 0.3) is 0 Å². The number of allylic oxidation sites excluding steroid dienone is 3. The normalized spacial score (nSPS) is 11.2. The number of amides is 4. The summed E-state index contributed by atoms with van der Waals surface area (Å²) in [7, 11) is -34.3. The molecule has 1 atom stereocenters. The maximum absolute atomic E-state index is 11.5. The lowest BCUT2D eigenvalue weighted by Crippen LogP contribution is -2.41. The van der Waals surface area contributed by atoms with Gasteiger partial charge in [0.05, 0.1) is 45.2 Å². The molecule has 0 rings (SSSR count). The van der Waals surface area contributed by atoms with E-state index in [1.807, 2.05) is 6.08 Å². The van der Waals surface area contributed by atoms with Gasteiger partial charge < -0.3 is 142 Å². The van der Waals surface area contributed by atoms with Crippen molar-refractivity contribution >= 4 is 161 Å². The Kier molecular flexibility index (Phi) is 92.3. The maximum atomic E-state index is 11.5. The summed E-state index contributed by atoms with van der Waals surface area (Å²) < 4.78 is 130. The molecular weight excluding hydrogens is 2160 g/mol. The molecule has 0 spiro atoms. The van der Waals surface area contributed by atoms with Crippen molar-refractivity contribution in [3.63, 3.8) is 0 Å². The third kappa shape index (κ3) is 124. The molecule has 0 heterocycles. The van der Waals surface area contributed by atoms with Crippen molar-refractivity contribution in [1.82, 2.24) is 21.3 Å². The average molecular weight is 2310 g/mol. The van der Waals surface area contributed by atoms with Gasteiger partial charge in [0.1, 0.15) is 134 Å². The van der Waals surface area contributed by atoms with Crippen molar-refractivity contribution in [3.05, 3.63) is 150 Å². The van der Waals surface area contributed by atoms with Gasteiger partial charge in [-0.05, 0) is 84.4 Å². The van der Waals surface area contributed by atoms with Gasteiger partial charge in [-0.2, -0.15) is 0 Å². The SMILES string of the molecule is C=C(C)C(=O)OCC(COC(=O)C(=C)C)OCCC(=O)CP(=O)(O)O.C=C(C)C(=O)OCCCCCCCC(=O)CP(=O)(O)O.C=CC(=O)NCC(CNC(=O)C(=C)C)OCCC(=O)CP(=O)(O)O.C=CC(=O)NCC(CNC(=O)C=C)OCCC(=O)CP(=O)(O)O.C=CC(=O)OCC(COC(=O)C=C)OCCC(=O)CP(=O)(O)O.C=CCC(=O)CP(=O)(O)O.C=CCCC(=O)CP(=O)(O)O.C=CCCCCCC(=O)CP(=O)(O)O. The van der Waals surface area contributed by atoms with Gasteiger partial charge in [0, 0.05) is 112 Å². The number of ketones is 8. The van der Waals surface area contributed by atoms with E-state index in [1.54, 1.807) is 6.92 Å². The predicted octanol–water partition coefficient (Wildman–Crippen LogP) is 4.40. The molecule has 0 fully saturated rings. The third-order valence-electron chi connectivity index (χ3n) is 16.1. The number of carbonyl (C=O) groups excluding carboxylic acids is 17. The lowest BCUT2D eigenvalue weighted by Gasteiger charge is -2.19. The summed E-state index contributed by atoms with van der Waals surface area (Å²) in [6.45, 7) is 45.4. The molecule has 62 heteroatoms. The van der Waals surface area contributed by atoms with E-state index in [0.29, 0.717) is 37.0 Å². The van der Waals surface area contributed by atoms with Gasteiger partial charge in [-0.25, -0.2) is 24.0 Å². The quantitative estimate of drug-likeness (QED) is 0.0100. The fraction of sp³-hybridized carbons (Fsp3) is 0.534. The van der Waals surface area contributed by atoms with Crippen LogP contribution < -0.4 is 21.3 Å². The van der Waals surface area contributed by atoms with E-state index in [4.69, 9.17) is 121 Å². The van der Waals surface area contributed by atoms with Crippen LogP contribution in [0.5, 0.6) is 0 Å². The Morgan fingerprint density at radius 3 is 0.753 bits per heavy atom. The fourth-order valence-electron chi connectivity index (χ4n) is 9.21. The molecule has 0 aliphatic carbocycles. The Morgan fingerprint density at radius 1 is 0.253 bits per heavy atom. The molecule has 0 saturated heterocycles. The molecule has 4 amide bonds. The van der Waals surface area contributed by atoms with Crippen LogP contribution in [-0.2, 0) is 161 Å². The van der Waals surface area contributed by atoms with Gasteiger partial charge in [0.25, 0.3) is 0 Å². The van der Waals surface area contributed by atoms with Crippen molar-refractivity contribution in [1.29, 1.82) is 0 Å². The van der Waals surface area contributed by atoms with E-state index in [2.05, 4.69) is 100 Å². The molecule has 0 aliphatic heterocycles. The van der Waals surface area contributed by atoms with E-state index in [9.17, 15) is 118 Å². The molecule has 54 nitrogen and oxygen atoms in total. The first-order valence-corrected chi connectivity index (χ1v) is 58.8. The largest absolute Gasteiger partial charge is 0.462 e. The summed E-state index contributed by atoms with van der Waals surface area (Å²) in [6, 6.07) is 0. The second-order valence-corrected chi connectivity index (χ2v) is 44.4. The van der Waals surface area contributed by atoms with Gasteiger partial charge in [-0.3, -0.25) is 94.1 Å². The molecule has 0 aromatic rings. The smallest absolute Gasteiger partial charge is 0.333 e. The van der Waals surface area contributed by atoms with Crippen molar-refractivity contribution in [2.45, 2.75) is 168 Å². The first-order chi connectivity index (χ1) is 68.9. The van der Waals surface area contributed by atoms with E-state index < -0.39 is 217 Å². The number of Topliss-reactive ketones (excluding diaryl/α,β-unsaturated/α-hetero) is 8. The number of hydrogen-bond donors (Lipinski definition) is 20. The Labute approximate surface area is 869 Å². The van der Waals surface area contributed by atoms with Crippen molar-refractivity contribution in [3.8, 4) is 0 Å². The number of nitrogens with one attached hydrogen (secondary N) is 4. The molecule has 20 N–H and O–H groups in total. The molecule has 150 heavy (non-hydrogen) atoms. The molecule has 0 aromatic carbocycles. The van der Waals surface area contributed by atoms with Crippen molar-refractivity contribution < 1.29 is 239 Å². The van der Waals surface area contributed by atoms with Gasteiger partial charge in [0.15, 0.2) is 0 Å². The zero-order valence-corrected chi connectivity index (χ0v) is 91.3. The third-order valence-corrected chi connectivity index (χ3v) is 22.3. The topological polar surface area (TPSA) is 882 Å². The number of carbonyl (C=O) groups is 17. The minimum absolute atomic E-state index is 0.0190. The van der Waals surface area contributed by atoms with E-state index >= 15 is 0 Å². The molecule has 858 valence electrons. The summed E-state index contributed by atoms with van der Waals surface area (Å²) in [4.78, 5) is 326. The summed E-state index contributed by atoms with van der Waals surface area (Å²) in [5.41, 5.74) is 1.04. The van der Waals surface area contributed by atoms with E-state index in [-0.39, 0.29) is 159 Å². The zero-order valence-electron chi connectivity index (χ0n) is 84.1. The summed E-state index contributed by atoms with van der Waals surface area (Å²) in [6.07, 6.45) is 8.53. The van der Waals surface area contributed by atoms with Crippen LogP contribution in [0.1, 0.15) is 143 Å². The Balaban J connectivity index is -0.000000260. The second kappa shape index (κ2) is 88.9. The monoisotopic (exact) mass is 2310 g/mol. The Bertz CT molecular complexity index is 4660. The highest BCUT2D eigenvalue weighted by atomic mass is 31.2. The van der Waals surface area contributed by atoms with Crippen LogP contribution in [0.15, 0.2) is 150 Å². The molecule has 0 radical (unpaired) electrons. The number of rotatable bonds is 76. The number of unbranched alkanes of at least 4 members (excludes halogenated alkanes) is 7. The molecule has 0 aliphatic rings. The highest BCUT2D eigenvalue weighted by Crippen LogP contribution is 2.39. The van der Waals surface area contributed by atoms with Crippen LogP contribution in [0.4, 0.5) is 0 Å². The molecular formula is C88H146N4O50P8. The van der Waals surface area contributed by atoms with Crippen LogP contribution in [0, 0.1) is 0 Å². The average Bonchev–Trinajstić information content (AvgIpc) is 0.959. The van der Waals surface area contributed by atoms with Crippen molar-refractivity contribution in [2.24, 2.45) is 0 Å². The van der Waals surface area contributed by atoms with Crippen LogP contribution in [0.3, 0.4) is 0 Å². The Morgan fingerprint density at radius 2 is 0.493 bits per heavy atom. The van der Waals surface area contributed by atoms with Crippen LogP contribution >= 0.6 is 60.8 Å². The minimum atomic E-state index is -4.42. The first-order valence-electron chi connectivity index (χ1n) is 44.4. The summed E-state index contributed by atoms with van der Waals surface area (Å²) >= 11 is 0. The van der Waals surface area contributed by atoms with Crippen LogP contribution in [-0.4, -0.2) is 337 Å². The lowest BCUT2D eigenvalue weighted by molar-refractivity contribution is -0.151. The van der Waals surface area contributed by atoms with Crippen LogP contribution in [0.2, 0.25) is 0 Å². The summed E-state index contributed by atoms with van der Waals surface area (Å²) in [5, 5.41) is 10.0. The second-order valence-electron chi connectivity index (χ2n) is 31.3. The van der Waals surface area contributed by atoms with Gasteiger partial charge >= 0.3 is 90.6 Å². The lowest BCUT2D eigenvalue weighted by atomic mass is 10.1. The molecule has 0 saturated carbocycles. The molecule has 0 bridgehead atoms. The van der Waals surface area contributed by atoms with E-state index in [0.717, 1.165) is 75.3 Å². The first kappa shape index (κ1) is 156. The maximum Gasteiger partial charge on any atom is 0.333 e. The standard InChI is InChI=1S/C15H23O9P.C14H23N2O7P.C13H21N2O7P.C13H19O9P.C13H23O6P.C9H17O4P.C6H11O4P.C5H9O4P/c1-10(2)14(17)23-7-13(8-24-15(18)11(3)4)22-6-5-12(16)9-25(19,20)21;1-4-13(18)15-7-12(8-16-14(19)10(2)3)23-6-5-11(17)9-24(20,21)22;1-3-12(17)14-7-11(8-15-13(18)4-2)22-6-5-10(16)9-23(19,20)21;1-3-12(15)21-7-11(8-22-13(16)4-2)20-6-5-10(14)9-23(17,18)19;1-11(2)13(15)19-9-7-5-3-4-6-8-12(14)10-20(16,17)18;1-2-3-4-5-6-7-9(10)8-14(11,12)13;1-2-3-4-6(7)5-11(8,9)10;1-2-3-5(6)4-10(7,8)9/h13H,1,3,5-9H2,2,4H3,(H2,19,20,21);4,12H,1-2,5-9H2,3H3,(H,15,18)(H,16,19)(H2,20,21,22);3-4,11H,1-2,5-9H2,(H,14,17)(H,15,18)(H2,19,20,21);3-4,11H,1-2,5-9H2,(H2,17,18,19);1,3-10H2,2H3,(H2,16,17,18);2H,1,3-8H2,(H2,11,12,13);2H,1,3-5H2,(H2,8,9,10);2H,1,3-4H2,(H2,7,8,9). The Hall–Kier alpha value is -9.49. The molecule has 0 aromatic heterocycles. The van der Waals surface area contributed by atoms with E-state index in [1.165, 1.54) is 32.9 Å².